The van der Waals surface area contributed by atoms with Crippen LogP contribution in [0.1, 0.15) is 13.8 Å². The second-order valence-electron chi connectivity index (χ2n) is 4.34. The van der Waals surface area contributed by atoms with Crippen molar-refractivity contribution in [3.05, 3.63) is 0 Å². The molecule has 0 aromatic carbocycles. The molecule has 0 saturated carbocycles. The summed E-state index contributed by atoms with van der Waals surface area (Å²) in [6, 6.07) is 0. The molecule has 1 N–H and O–H groups in total. The Morgan fingerprint density at radius 2 is 1.25 bits per heavy atom. The summed E-state index contributed by atoms with van der Waals surface area (Å²) in [5, 5.41) is 9.83. The summed E-state index contributed by atoms with van der Waals surface area (Å²) >= 11 is 0. The van der Waals surface area contributed by atoms with Crippen LogP contribution >= 0.6 is 0 Å². The fourth-order valence-corrected chi connectivity index (χ4v) is 2.71. The number of hydrogen-bond donors (Lipinski definition) is 1. The Hall–Kier alpha value is -0.120. The van der Waals surface area contributed by atoms with E-state index in [0.717, 1.165) is 0 Å². The highest BCUT2D eigenvalue weighted by atomic mass is 16.7. The number of hydrogen-bond acceptors (Lipinski definition) is 3. The van der Waals surface area contributed by atoms with Gasteiger partial charge in [-0.2, -0.15) is 0 Å². The van der Waals surface area contributed by atoms with Crippen molar-refractivity contribution in [1.82, 2.24) is 0 Å². The molecule has 3 heterocycles. The lowest BCUT2D eigenvalue weighted by molar-refractivity contribution is -0.164. The molecule has 0 aromatic rings. The maximum absolute atomic E-state index is 9.83. The fraction of sp³-hybridized carbons (Fsp3) is 1.00. The molecule has 68 valence electrons. The molecule has 0 spiro atoms. The third-order valence-corrected chi connectivity index (χ3v) is 3.64. The summed E-state index contributed by atoms with van der Waals surface area (Å²) in [6.45, 7) is 4.10. The zero-order valence-electron chi connectivity index (χ0n) is 7.31. The first kappa shape index (κ1) is 7.30. The first-order valence-corrected chi connectivity index (χ1v) is 4.69. The van der Waals surface area contributed by atoms with Gasteiger partial charge in [0, 0.05) is 11.8 Å². The molecular weight excluding hydrogens is 156 g/mol. The minimum Gasteiger partial charge on any atom is -0.392 e. The van der Waals surface area contributed by atoms with Gasteiger partial charge in [0.05, 0.1) is 18.3 Å². The standard InChI is InChI=1S/C9H14O3/c1-3-5(10)4(2)7-9-8(12-9)6(3)11-7/h3-10H,1-2H3/t3?,4?,5?,6-,7+,8-,9?/m0/s1. The van der Waals surface area contributed by atoms with E-state index in [1.165, 1.54) is 0 Å². The molecule has 7 atom stereocenters. The SMILES string of the molecule is CC1C(O)C(C)[C@@H]2O[C@H]1C1O[C@H]12. The Labute approximate surface area is 71.7 Å². The molecule has 3 aliphatic heterocycles. The monoisotopic (exact) mass is 170 g/mol. The van der Waals surface area contributed by atoms with Crippen LogP contribution in [0.4, 0.5) is 0 Å². The molecule has 3 heteroatoms. The van der Waals surface area contributed by atoms with Crippen LogP contribution in [-0.4, -0.2) is 35.6 Å². The van der Waals surface area contributed by atoms with E-state index in [0.29, 0.717) is 12.2 Å². The van der Waals surface area contributed by atoms with Crippen molar-refractivity contribution in [3.8, 4) is 0 Å². The minimum absolute atomic E-state index is 0.159. The normalized spacial score (nSPS) is 67.8. The molecule has 4 unspecified atom stereocenters. The van der Waals surface area contributed by atoms with Gasteiger partial charge in [0.2, 0.25) is 0 Å². The largest absolute Gasteiger partial charge is 0.392 e. The molecule has 3 fully saturated rings. The topological polar surface area (TPSA) is 42.0 Å². The van der Waals surface area contributed by atoms with Gasteiger partial charge in [-0.05, 0) is 0 Å². The molecule has 3 nitrogen and oxygen atoms in total. The van der Waals surface area contributed by atoms with Gasteiger partial charge in [-0.25, -0.2) is 0 Å². The summed E-state index contributed by atoms with van der Waals surface area (Å²) in [5.74, 6) is 0.461. The summed E-state index contributed by atoms with van der Waals surface area (Å²) in [7, 11) is 0. The van der Waals surface area contributed by atoms with E-state index in [-0.39, 0.29) is 30.1 Å². The summed E-state index contributed by atoms with van der Waals surface area (Å²) in [5.41, 5.74) is 0. The zero-order valence-corrected chi connectivity index (χ0v) is 7.31. The molecular formula is C9H14O3. The average Bonchev–Trinajstić information content (AvgIpc) is 2.76. The lowest BCUT2D eigenvalue weighted by Crippen LogP contribution is -2.47. The summed E-state index contributed by atoms with van der Waals surface area (Å²) < 4.78 is 11.2. The summed E-state index contributed by atoms with van der Waals surface area (Å²) in [6.07, 6.45) is 0.705. The number of aliphatic hydroxyl groups is 1. The predicted molar refractivity (Wildman–Crippen MR) is 41.7 cm³/mol. The van der Waals surface area contributed by atoms with Crippen molar-refractivity contribution in [2.75, 3.05) is 0 Å². The van der Waals surface area contributed by atoms with Gasteiger partial charge in [-0.3, -0.25) is 0 Å². The van der Waals surface area contributed by atoms with Crippen LogP contribution in [-0.2, 0) is 9.47 Å². The number of ether oxygens (including phenoxy) is 2. The highest BCUT2D eigenvalue weighted by Gasteiger charge is 2.65. The van der Waals surface area contributed by atoms with Crippen LogP contribution in [0.3, 0.4) is 0 Å². The van der Waals surface area contributed by atoms with Gasteiger partial charge in [0.25, 0.3) is 0 Å². The maximum Gasteiger partial charge on any atom is 0.113 e. The Kier molecular flexibility index (Phi) is 1.23. The molecule has 0 aromatic heterocycles. The average molecular weight is 170 g/mol. The van der Waals surface area contributed by atoms with E-state index in [1.807, 2.05) is 13.8 Å². The first-order valence-electron chi connectivity index (χ1n) is 4.69. The number of epoxide rings is 1. The van der Waals surface area contributed by atoms with E-state index < -0.39 is 0 Å². The quantitative estimate of drug-likeness (QED) is 0.527. The van der Waals surface area contributed by atoms with Crippen molar-refractivity contribution in [1.29, 1.82) is 0 Å². The van der Waals surface area contributed by atoms with Gasteiger partial charge in [-0.1, -0.05) is 13.8 Å². The van der Waals surface area contributed by atoms with E-state index in [4.69, 9.17) is 9.47 Å². The molecule has 0 amide bonds. The van der Waals surface area contributed by atoms with Gasteiger partial charge < -0.3 is 14.6 Å². The van der Waals surface area contributed by atoms with Crippen LogP contribution in [0, 0.1) is 11.8 Å². The second-order valence-corrected chi connectivity index (χ2v) is 4.34. The molecule has 3 saturated heterocycles. The Morgan fingerprint density at radius 1 is 0.833 bits per heavy atom. The smallest absolute Gasteiger partial charge is 0.113 e. The van der Waals surface area contributed by atoms with E-state index in [9.17, 15) is 5.11 Å². The number of fused-ring (bicyclic) bond motifs is 5. The Bertz CT molecular complexity index is 198. The first-order chi connectivity index (χ1) is 5.70. The molecule has 3 rings (SSSR count). The van der Waals surface area contributed by atoms with Crippen LogP contribution in [0.2, 0.25) is 0 Å². The summed E-state index contributed by atoms with van der Waals surface area (Å²) in [4.78, 5) is 0. The van der Waals surface area contributed by atoms with Crippen LogP contribution in [0.5, 0.6) is 0 Å². The van der Waals surface area contributed by atoms with Crippen LogP contribution in [0.25, 0.3) is 0 Å². The van der Waals surface area contributed by atoms with Gasteiger partial charge in [0.15, 0.2) is 0 Å². The maximum atomic E-state index is 9.83. The highest BCUT2D eigenvalue weighted by molar-refractivity contribution is 5.11. The number of aliphatic hydroxyl groups excluding tert-OH is 1. The lowest BCUT2D eigenvalue weighted by atomic mass is 9.86. The Morgan fingerprint density at radius 3 is 1.75 bits per heavy atom. The number of rotatable bonds is 0. The molecule has 0 aliphatic carbocycles. The van der Waals surface area contributed by atoms with Crippen molar-refractivity contribution < 1.29 is 14.6 Å². The van der Waals surface area contributed by atoms with Crippen LogP contribution < -0.4 is 0 Å². The highest BCUT2D eigenvalue weighted by Crippen LogP contribution is 2.50. The van der Waals surface area contributed by atoms with Crippen molar-refractivity contribution in [2.24, 2.45) is 11.8 Å². The molecule has 0 radical (unpaired) electrons. The van der Waals surface area contributed by atoms with Crippen molar-refractivity contribution in [2.45, 2.75) is 44.4 Å². The Balaban J connectivity index is 1.93. The third kappa shape index (κ3) is 0.679. The third-order valence-electron chi connectivity index (χ3n) is 3.64. The van der Waals surface area contributed by atoms with Gasteiger partial charge in [0.1, 0.15) is 12.2 Å². The van der Waals surface area contributed by atoms with Crippen molar-refractivity contribution >= 4 is 0 Å². The van der Waals surface area contributed by atoms with E-state index >= 15 is 0 Å². The fourth-order valence-electron chi connectivity index (χ4n) is 2.71. The van der Waals surface area contributed by atoms with Gasteiger partial charge >= 0.3 is 0 Å². The zero-order chi connectivity index (χ0) is 8.46. The molecule has 12 heavy (non-hydrogen) atoms. The minimum atomic E-state index is -0.204. The second kappa shape index (κ2) is 2.03. The molecule has 2 bridgehead atoms. The molecule has 3 aliphatic rings. The predicted octanol–water partition coefficient (Wildman–Crippen LogP) is 0.168. The van der Waals surface area contributed by atoms with E-state index in [1.54, 1.807) is 0 Å². The van der Waals surface area contributed by atoms with Crippen molar-refractivity contribution in [3.63, 3.8) is 0 Å². The van der Waals surface area contributed by atoms with Crippen LogP contribution in [0.15, 0.2) is 0 Å². The van der Waals surface area contributed by atoms with E-state index in [2.05, 4.69) is 0 Å². The lowest BCUT2D eigenvalue weighted by Gasteiger charge is -2.38. The van der Waals surface area contributed by atoms with Gasteiger partial charge in [-0.15, -0.1) is 0 Å².